The molecule has 3 aromatic carbocycles. The maximum absolute atomic E-state index is 4.19. The quantitative estimate of drug-likeness (QED) is 0.525. The topological polar surface area (TPSA) is 24.1 Å². The van der Waals surface area contributed by atoms with Gasteiger partial charge in [-0.15, -0.1) is 0 Å². The number of rotatable bonds is 5. The van der Waals surface area contributed by atoms with E-state index in [0.717, 1.165) is 12.8 Å². The molecule has 0 unspecified atom stereocenters. The standard InChI is InChI=1S/C28H34N2/c1-26(2)20-25(21-27(3,4)30-26)29-28(22-14-8-5-9-15-22,23-16-10-6-11-17-23)24-18-12-7-13-19-24/h5-19,25,29-30H,20-21H2,1-4H3. The van der Waals surface area contributed by atoms with E-state index in [4.69, 9.17) is 0 Å². The Bertz CT molecular complexity index is 833. The second kappa shape index (κ2) is 8.02. The molecule has 1 fully saturated rings. The molecule has 0 aliphatic carbocycles. The van der Waals surface area contributed by atoms with Crippen molar-refractivity contribution < 1.29 is 0 Å². The van der Waals surface area contributed by atoms with Crippen molar-refractivity contribution in [1.29, 1.82) is 0 Å². The van der Waals surface area contributed by atoms with Crippen LogP contribution in [0.15, 0.2) is 91.0 Å². The fraction of sp³-hybridized carbons (Fsp3) is 0.357. The van der Waals surface area contributed by atoms with Crippen LogP contribution in [0.4, 0.5) is 0 Å². The molecule has 156 valence electrons. The molecule has 0 bridgehead atoms. The van der Waals surface area contributed by atoms with E-state index in [0.29, 0.717) is 6.04 Å². The molecule has 2 nitrogen and oxygen atoms in total. The van der Waals surface area contributed by atoms with E-state index in [9.17, 15) is 0 Å². The first kappa shape index (κ1) is 20.8. The molecule has 2 heteroatoms. The second-order valence-electron chi connectivity index (χ2n) is 9.99. The molecule has 30 heavy (non-hydrogen) atoms. The van der Waals surface area contributed by atoms with Crippen molar-refractivity contribution in [2.24, 2.45) is 0 Å². The van der Waals surface area contributed by atoms with Gasteiger partial charge in [-0.2, -0.15) is 0 Å². The SMILES string of the molecule is CC1(C)CC(NC(c2ccccc2)(c2ccccc2)c2ccccc2)CC(C)(C)N1. The van der Waals surface area contributed by atoms with Gasteiger partial charge in [-0.05, 0) is 57.2 Å². The summed E-state index contributed by atoms with van der Waals surface area (Å²) in [5.41, 5.74) is 3.58. The lowest BCUT2D eigenvalue weighted by atomic mass is 9.73. The number of benzene rings is 3. The Morgan fingerprint density at radius 3 is 1.30 bits per heavy atom. The van der Waals surface area contributed by atoms with Gasteiger partial charge in [0.25, 0.3) is 0 Å². The molecule has 1 aliphatic heterocycles. The molecule has 1 saturated heterocycles. The van der Waals surface area contributed by atoms with Crippen LogP contribution < -0.4 is 10.6 Å². The van der Waals surface area contributed by atoms with Crippen LogP contribution in [0.1, 0.15) is 57.2 Å². The van der Waals surface area contributed by atoms with Crippen LogP contribution in [0.5, 0.6) is 0 Å². The van der Waals surface area contributed by atoms with Gasteiger partial charge in [0, 0.05) is 17.1 Å². The van der Waals surface area contributed by atoms with Crippen LogP contribution in [0.2, 0.25) is 0 Å². The fourth-order valence-electron chi connectivity index (χ4n) is 5.54. The summed E-state index contributed by atoms with van der Waals surface area (Å²) in [4.78, 5) is 0. The first-order valence-corrected chi connectivity index (χ1v) is 11.0. The second-order valence-corrected chi connectivity index (χ2v) is 9.99. The molecule has 4 rings (SSSR count). The highest BCUT2D eigenvalue weighted by Crippen LogP contribution is 2.39. The average molecular weight is 399 g/mol. The zero-order valence-corrected chi connectivity index (χ0v) is 18.7. The predicted octanol–water partition coefficient (Wildman–Crippen LogP) is 5.88. The molecule has 2 N–H and O–H groups in total. The van der Waals surface area contributed by atoms with Crippen molar-refractivity contribution in [3.05, 3.63) is 108 Å². The van der Waals surface area contributed by atoms with Gasteiger partial charge in [-0.1, -0.05) is 91.0 Å². The van der Waals surface area contributed by atoms with E-state index < -0.39 is 5.54 Å². The Balaban J connectivity index is 1.89. The van der Waals surface area contributed by atoms with Gasteiger partial charge in [0.2, 0.25) is 0 Å². The summed E-state index contributed by atoms with van der Waals surface area (Å²) >= 11 is 0. The lowest BCUT2D eigenvalue weighted by molar-refractivity contribution is 0.134. The molecule has 0 amide bonds. The molecule has 1 heterocycles. The van der Waals surface area contributed by atoms with E-state index in [2.05, 4.69) is 129 Å². The maximum atomic E-state index is 4.19. The summed E-state index contributed by atoms with van der Waals surface area (Å²) < 4.78 is 0. The first-order valence-electron chi connectivity index (χ1n) is 11.0. The molecule has 3 aromatic rings. The Kier molecular flexibility index (Phi) is 5.57. The summed E-state index contributed by atoms with van der Waals surface area (Å²) in [6.07, 6.45) is 2.15. The van der Waals surface area contributed by atoms with Crippen molar-refractivity contribution >= 4 is 0 Å². The van der Waals surface area contributed by atoms with Gasteiger partial charge < -0.3 is 5.32 Å². The van der Waals surface area contributed by atoms with Crippen molar-refractivity contribution in [3.8, 4) is 0 Å². The van der Waals surface area contributed by atoms with Gasteiger partial charge in [0.05, 0.1) is 5.54 Å². The van der Waals surface area contributed by atoms with E-state index in [-0.39, 0.29) is 11.1 Å². The molecular weight excluding hydrogens is 364 g/mol. The number of hydrogen-bond donors (Lipinski definition) is 2. The summed E-state index contributed by atoms with van der Waals surface area (Å²) in [7, 11) is 0. The predicted molar refractivity (Wildman–Crippen MR) is 127 cm³/mol. The molecule has 0 aromatic heterocycles. The Hall–Kier alpha value is -2.42. The van der Waals surface area contributed by atoms with Crippen LogP contribution in [0, 0.1) is 0 Å². The van der Waals surface area contributed by atoms with Crippen molar-refractivity contribution in [2.45, 2.75) is 63.2 Å². The van der Waals surface area contributed by atoms with E-state index in [1.807, 2.05) is 0 Å². The van der Waals surface area contributed by atoms with Crippen LogP contribution in [0.25, 0.3) is 0 Å². The lowest BCUT2D eigenvalue weighted by Gasteiger charge is -2.50. The first-order chi connectivity index (χ1) is 14.3. The number of hydrogen-bond acceptors (Lipinski definition) is 2. The Labute approximate surface area is 181 Å². The normalized spacial score (nSPS) is 18.8. The molecule has 0 spiro atoms. The molecule has 1 aliphatic rings. The van der Waals surface area contributed by atoms with E-state index in [1.54, 1.807) is 0 Å². The van der Waals surface area contributed by atoms with Crippen LogP contribution in [0.3, 0.4) is 0 Å². The molecule has 0 saturated carbocycles. The van der Waals surface area contributed by atoms with E-state index in [1.165, 1.54) is 16.7 Å². The Morgan fingerprint density at radius 2 is 0.967 bits per heavy atom. The average Bonchev–Trinajstić information content (AvgIpc) is 2.72. The maximum Gasteiger partial charge on any atom is 0.0950 e. The minimum absolute atomic E-state index is 0.0786. The Morgan fingerprint density at radius 1 is 0.633 bits per heavy atom. The fourth-order valence-corrected chi connectivity index (χ4v) is 5.54. The smallest absolute Gasteiger partial charge is 0.0950 e. The summed E-state index contributed by atoms with van der Waals surface area (Å²) in [6, 6.07) is 33.1. The van der Waals surface area contributed by atoms with Gasteiger partial charge in [0.1, 0.15) is 0 Å². The third kappa shape index (κ3) is 4.21. The summed E-state index contributed by atoms with van der Waals surface area (Å²) in [5.74, 6) is 0. The highest BCUT2D eigenvalue weighted by Gasteiger charge is 2.43. The van der Waals surface area contributed by atoms with Crippen molar-refractivity contribution in [2.75, 3.05) is 0 Å². The van der Waals surface area contributed by atoms with E-state index >= 15 is 0 Å². The van der Waals surface area contributed by atoms with Gasteiger partial charge in [-0.3, -0.25) is 5.32 Å². The van der Waals surface area contributed by atoms with Crippen LogP contribution >= 0.6 is 0 Å². The van der Waals surface area contributed by atoms with Crippen LogP contribution in [-0.2, 0) is 5.54 Å². The number of piperidine rings is 1. The van der Waals surface area contributed by atoms with Gasteiger partial charge in [-0.25, -0.2) is 0 Å². The van der Waals surface area contributed by atoms with Gasteiger partial charge >= 0.3 is 0 Å². The largest absolute Gasteiger partial charge is 0.307 e. The zero-order valence-electron chi connectivity index (χ0n) is 18.7. The van der Waals surface area contributed by atoms with Crippen molar-refractivity contribution in [3.63, 3.8) is 0 Å². The van der Waals surface area contributed by atoms with Crippen LogP contribution in [-0.4, -0.2) is 17.1 Å². The lowest BCUT2D eigenvalue weighted by Crippen LogP contribution is -2.64. The number of nitrogens with one attached hydrogen (secondary N) is 2. The minimum Gasteiger partial charge on any atom is -0.307 e. The molecule has 0 radical (unpaired) electrons. The van der Waals surface area contributed by atoms with Crippen molar-refractivity contribution in [1.82, 2.24) is 10.6 Å². The highest BCUT2D eigenvalue weighted by molar-refractivity contribution is 5.49. The molecule has 0 atom stereocenters. The third-order valence-electron chi connectivity index (χ3n) is 6.23. The summed E-state index contributed by atoms with van der Waals surface area (Å²) in [6.45, 7) is 9.27. The minimum atomic E-state index is -0.405. The highest BCUT2D eigenvalue weighted by atomic mass is 15.1. The monoisotopic (exact) mass is 398 g/mol. The van der Waals surface area contributed by atoms with Gasteiger partial charge in [0.15, 0.2) is 0 Å². The molecular formula is C28H34N2. The third-order valence-corrected chi connectivity index (χ3v) is 6.23. The summed E-state index contributed by atoms with van der Waals surface area (Å²) in [5, 5.41) is 8.02. The zero-order chi connectivity index (χ0) is 21.2.